The van der Waals surface area contributed by atoms with E-state index in [1.54, 1.807) is 18.3 Å². The monoisotopic (exact) mass is 436 g/mol. The molecule has 2 N–H and O–H groups in total. The second kappa shape index (κ2) is 9.86. The summed E-state index contributed by atoms with van der Waals surface area (Å²) < 4.78 is 18.0. The molecule has 160 valence electrons. The molecule has 2 aromatic carbocycles. The molecular weight excluding hydrogens is 412 g/mol. The minimum absolute atomic E-state index is 0.0413. The average Bonchev–Trinajstić information content (AvgIpc) is 3.13. The van der Waals surface area contributed by atoms with Crippen molar-refractivity contribution in [3.63, 3.8) is 0 Å². The number of benzene rings is 2. The second-order valence-electron chi connectivity index (χ2n) is 7.41. The minimum Gasteiger partial charge on any atom is -0.493 e. The summed E-state index contributed by atoms with van der Waals surface area (Å²) in [6.45, 7) is 2.94. The summed E-state index contributed by atoms with van der Waals surface area (Å²) in [5.74, 6) is 2.33. The molecule has 0 bridgehead atoms. The fourth-order valence-corrected chi connectivity index (χ4v) is 3.63. The number of hydrogen-bond acceptors (Lipinski definition) is 5. The number of halogens is 1. The maximum absolute atomic E-state index is 6.25. The predicted molar refractivity (Wildman–Crippen MR) is 123 cm³/mol. The second-order valence-corrected chi connectivity index (χ2v) is 7.84. The number of pyridine rings is 1. The average molecular weight is 437 g/mol. The summed E-state index contributed by atoms with van der Waals surface area (Å²) in [4.78, 5) is 4.13. The van der Waals surface area contributed by atoms with Gasteiger partial charge in [0.25, 0.3) is 0 Å². The standard InChI is InChI=1S/C25H25ClN2O3/c1-17-24(16-30-20-11-9-19(26)10-12-20)31-23-8-2-7-22(25(17)23)29-14-4-6-21(27)18-5-3-13-28-15-18/h2-3,5,7-13,15,21H,4,6,14,16,27H2,1H3. The summed E-state index contributed by atoms with van der Waals surface area (Å²) in [6, 6.07) is 17.0. The minimum atomic E-state index is -0.0413. The van der Waals surface area contributed by atoms with Gasteiger partial charge in [0.05, 0.1) is 12.0 Å². The van der Waals surface area contributed by atoms with Crippen LogP contribution in [0.3, 0.4) is 0 Å². The highest BCUT2D eigenvalue weighted by Gasteiger charge is 2.15. The molecule has 1 unspecified atom stereocenters. The van der Waals surface area contributed by atoms with E-state index in [9.17, 15) is 0 Å². The van der Waals surface area contributed by atoms with Gasteiger partial charge in [-0.25, -0.2) is 0 Å². The number of rotatable bonds is 9. The topological polar surface area (TPSA) is 70.5 Å². The van der Waals surface area contributed by atoms with Crippen LogP contribution in [-0.2, 0) is 6.61 Å². The van der Waals surface area contributed by atoms with Crippen molar-refractivity contribution in [1.29, 1.82) is 0 Å². The van der Waals surface area contributed by atoms with E-state index in [-0.39, 0.29) is 6.04 Å². The zero-order valence-corrected chi connectivity index (χ0v) is 18.1. The van der Waals surface area contributed by atoms with Crippen molar-refractivity contribution in [2.45, 2.75) is 32.4 Å². The van der Waals surface area contributed by atoms with Crippen molar-refractivity contribution in [2.75, 3.05) is 6.61 Å². The fourth-order valence-electron chi connectivity index (χ4n) is 3.50. The van der Waals surface area contributed by atoms with Crippen molar-refractivity contribution >= 4 is 22.6 Å². The number of hydrogen-bond donors (Lipinski definition) is 1. The van der Waals surface area contributed by atoms with Gasteiger partial charge in [0.2, 0.25) is 0 Å². The van der Waals surface area contributed by atoms with E-state index in [0.29, 0.717) is 18.2 Å². The van der Waals surface area contributed by atoms with Crippen molar-refractivity contribution in [3.05, 3.63) is 88.9 Å². The van der Waals surface area contributed by atoms with Crippen LogP contribution < -0.4 is 15.2 Å². The van der Waals surface area contributed by atoms with Crippen LogP contribution in [0.15, 0.2) is 71.4 Å². The Morgan fingerprint density at radius 1 is 1.06 bits per heavy atom. The molecule has 0 amide bonds. The molecule has 31 heavy (non-hydrogen) atoms. The van der Waals surface area contributed by atoms with Crippen LogP contribution in [0, 0.1) is 6.92 Å². The van der Waals surface area contributed by atoms with Crippen molar-refractivity contribution in [1.82, 2.24) is 4.98 Å². The molecular formula is C25H25ClN2O3. The molecule has 5 nitrogen and oxygen atoms in total. The summed E-state index contributed by atoms with van der Waals surface area (Å²) in [7, 11) is 0. The van der Waals surface area contributed by atoms with Crippen molar-refractivity contribution in [3.8, 4) is 11.5 Å². The molecule has 0 saturated carbocycles. The lowest BCUT2D eigenvalue weighted by molar-refractivity contribution is 0.273. The van der Waals surface area contributed by atoms with Crippen LogP contribution in [0.25, 0.3) is 11.0 Å². The molecule has 0 aliphatic heterocycles. The first-order valence-corrected chi connectivity index (χ1v) is 10.7. The van der Waals surface area contributed by atoms with Gasteiger partial charge in [-0.2, -0.15) is 0 Å². The SMILES string of the molecule is Cc1c(COc2ccc(Cl)cc2)oc2cccc(OCCCC(N)c3cccnc3)c12. The number of nitrogens with two attached hydrogens (primary N) is 1. The van der Waals surface area contributed by atoms with Crippen LogP contribution >= 0.6 is 11.6 Å². The number of nitrogens with zero attached hydrogens (tertiary/aromatic N) is 1. The largest absolute Gasteiger partial charge is 0.493 e. The molecule has 4 aromatic rings. The fraction of sp³-hybridized carbons (Fsp3) is 0.240. The molecule has 0 fully saturated rings. The van der Waals surface area contributed by atoms with Crippen LogP contribution in [0.4, 0.5) is 0 Å². The van der Waals surface area contributed by atoms with Gasteiger partial charge in [0.15, 0.2) is 0 Å². The van der Waals surface area contributed by atoms with E-state index in [1.165, 1.54) is 0 Å². The Bertz CT molecular complexity index is 1130. The number of fused-ring (bicyclic) bond motifs is 1. The molecule has 0 radical (unpaired) electrons. The Labute approximate surface area is 186 Å². The molecule has 0 aliphatic rings. The number of furan rings is 1. The highest BCUT2D eigenvalue weighted by molar-refractivity contribution is 6.30. The first kappa shape index (κ1) is 21.2. The van der Waals surface area contributed by atoms with Gasteiger partial charge >= 0.3 is 0 Å². The van der Waals surface area contributed by atoms with E-state index in [4.69, 9.17) is 31.2 Å². The quantitative estimate of drug-likeness (QED) is 0.315. The van der Waals surface area contributed by atoms with Gasteiger partial charge < -0.3 is 19.6 Å². The highest BCUT2D eigenvalue weighted by Crippen LogP contribution is 2.34. The third-order valence-electron chi connectivity index (χ3n) is 5.23. The number of aryl methyl sites for hydroxylation is 1. The first-order chi connectivity index (χ1) is 15.1. The van der Waals surface area contributed by atoms with E-state index < -0.39 is 0 Å². The summed E-state index contributed by atoms with van der Waals surface area (Å²) in [5, 5.41) is 1.66. The molecule has 6 heteroatoms. The van der Waals surface area contributed by atoms with Crippen LogP contribution in [0.2, 0.25) is 5.02 Å². The molecule has 2 aromatic heterocycles. The van der Waals surface area contributed by atoms with Crippen LogP contribution in [0.1, 0.15) is 35.8 Å². The Balaban J connectivity index is 1.38. The van der Waals surface area contributed by atoms with Crippen LogP contribution in [-0.4, -0.2) is 11.6 Å². The smallest absolute Gasteiger partial charge is 0.146 e. The van der Waals surface area contributed by atoms with Gasteiger partial charge in [-0.05, 0) is 67.8 Å². The Morgan fingerprint density at radius 2 is 1.90 bits per heavy atom. The summed E-state index contributed by atoms with van der Waals surface area (Å²) >= 11 is 5.93. The van der Waals surface area contributed by atoms with Gasteiger partial charge in [-0.1, -0.05) is 23.7 Å². The third-order valence-corrected chi connectivity index (χ3v) is 5.48. The lowest BCUT2D eigenvalue weighted by Crippen LogP contribution is -2.12. The van der Waals surface area contributed by atoms with Crippen LogP contribution in [0.5, 0.6) is 11.5 Å². The molecule has 4 rings (SSSR count). The van der Waals surface area contributed by atoms with Gasteiger partial charge in [0.1, 0.15) is 29.4 Å². The number of ether oxygens (including phenoxy) is 2. The Morgan fingerprint density at radius 3 is 2.68 bits per heavy atom. The summed E-state index contributed by atoms with van der Waals surface area (Å²) in [5.41, 5.74) is 9.10. The van der Waals surface area contributed by atoms with Gasteiger partial charge in [-0.15, -0.1) is 0 Å². The Hall–Kier alpha value is -3.02. The molecule has 1 atom stereocenters. The van der Waals surface area contributed by atoms with E-state index in [1.807, 2.05) is 55.6 Å². The van der Waals surface area contributed by atoms with Crippen molar-refractivity contribution < 1.29 is 13.9 Å². The highest BCUT2D eigenvalue weighted by atomic mass is 35.5. The summed E-state index contributed by atoms with van der Waals surface area (Å²) in [6.07, 6.45) is 5.23. The van der Waals surface area contributed by atoms with Gasteiger partial charge in [-0.3, -0.25) is 4.98 Å². The molecule has 0 aliphatic carbocycles. The maximum atomic E-state index is 6.25. The first-order valence-electron chi connectivity index (χ1n) is 10.3. The molecule has 0 saturated heterocycles. The third kappa shape index (κ3) is 5.19. The normalized spacial score (nSPS) is 12.1. The molecule has 0 spiro atoms. The van der Waals surface area contributed by atoms with E-state index >= 15 is 0 Å². The lowest BCUT2D eigenvalue weighted by atomic mass is 10.1. The number of aromatic nitrogens is 1. The zero-order chi connectivity index (χ0) is 21.6. The van der Waals surface area contributed by atoms with Crippen molar-refractivity contribution in [2.24, 2.45) is 5.73 Å². The van der Waals surface area contributed by atoms with E-state index in [0.717, 1.165) is 52.2 Å². The predicted octanol–water partition coefficient (Wildman–Crippen LogP) is 6.23. The van der Waals surface area contributed by atoms with E-state index in [2.05, 4.69) is 4.98 Å². The molecule has 2 heterocycles. The Kier molecular flexibility index (Phi) is 6.75. The van der Waals surface area contributed by atoms with Gasteiger partial charge in [0, 0.05) is 29.0 Å². The lowest BCUT2D eigenvalue weighted by Gasteiger charge is -2.12. The maximum Gasteiger partial charge on any atom is 0.146 e. The zero-order valence-electron chi connectivity index (χ0n) is 17.4.